The van der Waals surface area contributed by atoms with Crippen LogP contribution in [0.3, 0.4) is 0 Å². The summed E-state index contributed by atoms with van der Waals surface area (Å²) in [6.07, 6.45) is 0.687. The van der Waals surface area contributed by atoms with E-state index in [4.69, 9.17) is 14.2 Å². The van der Waals surface area contributed by atoms with Crippen LogP contribution in [0.15, 0.2) is 0 Å². The molecular formula is C10H20O3. The molecule has 0 aromatic carbocycles. The van der Waals surface area contributed by atoms with E-state index >= 15 is 0 Å². The van der Waals surface area contributed by atoms with Crippen LogP contribution in [0.1, 0.15) is 20.8 Å². The van der Waals surface area contributed by atoms with E-state index in [9.17, 15) is 0 Å². The third-order valence-electron chi connectivity index (χ3n) is 1.82. The molecule has 0 saturated carbocycles. The fourth-order valence-corrected chi connectivity index (χ4v) is 0.970. The van der Waals surface area contributed by atoms with E-state index in [1.165, 1.54) is 0 Å². The summed E-state index contributed by atoms with van der Waals surface area (Å²) in [4.78, 5) is 0. The Hall–Kier alpha value is -0.120. The van der Waals surface area contributed by atoms with Gasteiger partial charge in [-0.1, -0.05) is 6.92 Å². The molecule has 2 atom stereocenters. The van der Waals surface area contributed by atoms with Crippen LogP contribution in [0.25, 0.3) is 0 Å². The van der Waals surface area contributed by atoms with E-state index in [0.29, 0.717) is 18.1 Å². The van der Waals surface area contributed by atoms with Gasteiger partial charge in [-0.3, -0.25) is 0 Å². The van der Waals surface area contributed by atoms with E-state index in [-0.39, 0.29) is 0 Å². The second-order valence-electron chi connectivity index (χ2n) is 3.98. The SMILES string of the molecule is CC(COCC1CO1)COC(C)C. The Morgan fingerprint density at radius 1 is 1.31 bits per heavy atom. The van der Waals surface area contributed by atoms with Gasteiger partial charge in [0, 0.05) is 5.92 Å². The van der Waals surface area contributed by atoms with Gasteiger partial charge in [0.05, 0.1) is 32.5 Å². The van der Waals surface area contributed by atoms with Crippen molar-refractivity contribution in [1.82, 2.24) is 0 Å². The lowest BCUT2D eigenvalue weighted by atomic mass is 10.2. The molecule has 78 valence electrons. The van der Waals surface area contributed by atoms with Crippen LogP contribution in [-0.4, -0.2) is 38.6 Å². The molecule has 0 N–H and O–H groups in total. The van der Waals surface area contributed by atoms with E-state index in [1.54, 1.807) is 0 Å². The van der Waals surface area contributed by atoms with Crippen molar-refractivity contribution < 1.29 is 14.2 Å². The van der Waals surface area contributed by atoms with Crippen molar-refractivity contribution in [3.8, 4) is 0 Å². The van der Waals surface area contributed by atoms with Gasteiger partial charge in [0.1, 0.15) is 6.10 Å². The molecule has 0 radical (unpaired) electrons. The van der Waals surface area contributed by atoms with E-state index in [2.05, 4.69) is 6.92 Å². The molecule has 0 bridgehead atoms. The average molecular weight is 188 g/mol. The molecule has 13 heavy (non-hydrogen) atoms. The van der Waals surface area contributed by atoms with Crippen LogP contribution in [0.4, 0.5) is 0 Å². The summed E-state index contributed by atoms with van der Waals surface area (Å²) in [5.41, 5.74) is 0. The van der Waals surface area contributed by atoms with Crippen LogP contribution in [0.5, 0.6) is 0 Å². The minimum atomic E-state index is 0.314. The van der Waals surface area contributed by atoms with Crippen LogP contribution >= 0.6 is 0 Å². The van der Waals surface area contributed by atoms with Gasteiger partial charge in [0.25, 0.3) is 0 Å². The predicted molar refractivity (Wildman–Crippen MR) is 50.8 cm³/mol. The maximum atomic E-state index is 5.47. The highest BCUT2D eigenvalue weighted by Gasteiger charge is 2.22. The molecule has 3 heteroatoms. The van der Waals surface area contributed by atoms with Crippen molar-refractivity contribution in [3.63, 3.8) is 0 Å². The van der Waals surface area contributed by atoms with Gasteiger partial charge >= 0.3 is 0 Å². The lowest BCUT2D eigenvalue weighted by Crippen LogP contribution is -2.17. The lowest BCUT2D eigenvalue weighted by molar-refractivity contribution is 0.0166. The van der Waals surface area contributed by atoms with Crippen LogP contribution < -0.4 is 0 Å². The number of ether oxygens (including phenoxy) is 3. The Kier molecular flexibility index (Phi) is 4.70. The third-order valence-corrected chi connectivity index (χ3v) is 1.82. The molecule has 1 fully saturated rings. The number of epoxide rings is 1. The lowest BCUT2D eigenvalue weighted by Gasteiger charge is -2.13. The zero-order valence-electron chi connectivity index (χ0n) is 8.79. The second kappa shape index (κ2) is 5.58. The molecule has 0 spiro atoms. The van der Waals surface area contributed by atoms with Gasteiger partial charge < -0.3 is 14.2 Å². The molecule has 1 rings (SSSR count). The molecule has 0 aliphatic carbocycles. The molecule has 1 saturated heterocycles. The molecule has 3 nitrogen and oxygen atoms in total. The quantitative estimate of drug-likeness (QED) is 0.567. The molecule has 2 unspecified atom stereocenters. The first kappa shape index (κ1) is 11.0. The van der Waals surface area contributed by atoms with Gasteiger partial charge in [0.15, 0.2) is 0 Å². The maximum Gasteiger partial charge on any atom is 0.104 e. The normalized spacial score (nSPS) is 23.5. The van der Waals surface area contributed by atoms with Crippen molar-refractivity contribution in [3.05, 3.63) is 0 Å². The highest BCUT2D eigenvalue weighted by Crippen LogP contribution is 2.09. The molecule has 1 heterocycles. The minimum absolute atomic E-state index is 0.314. The molecular weight excluding hydrogens is 168 g/mol. The van der Waals surface area contributed by atoms with Crippen molar-refractivity contribution >= 4 is 0 Å². The minimum Gasteiger partial charge on any atom is -0.378 e. The topological polar surface area (TPSA) is 31.0 Å². The first-order valence-corrected chi connectivity index (χ1v) is 4.99. The summed E-state index contributed by atoms with van der Waals surface area (Å²) in [7, 11) is 0. The Morgan fingerprint density at radius 2 is 2.00 bits per heavy atom. The van der Waals surface area contributed by atoms with Gasteiger partial charge in [-0.25, -0.2) is 0 Å². The van der Waals surface area contributed by atoms with Gasteiger partial charge in [-0.05, 0) is 13.8 Å². The van der Waals surface area contributed by atoms with Gasteiger partial charge in [-0.15, -0.1) is 0 Å². The van der Waals surface area contributed by atoms with Gasteiger partial charge in [0.2, 0.25) is 0 Å². The summed E-state index contributed by atoms with van der Waals surface area (Å²) in [6.45, 7) is 9.39. The summed E-state index contributed by atoms with van der Waals surface area (Å²) in [5.74, 6) is 0.473. The first-order chi connectivity index (χ1) is 6.18. The Labute approximate surface area is 80.4 Å². The molecule has 1 aliphatic rings. The van der Waals surface area contributed by atoms with Crippen LogP contribution in [0.2, 0.25) is 0 Å². The zero-order valence-corrected chi connectivity index (χ0v) is 8.79. The first-order valence-electron chi connectivity index (χ1n) is 4.99. The van der Waals surface area contributed by atoms with E-state index in [0.717, 1.165) is 26.4 Å². The van der Waals surface area contributed by atoms with Gasteiger partial charge in [-0.2, -0.15) is 0 Å². The largest absolute Gasteiger partial charge is 0.378 e. The fraction of sp³-hybridized carbons (Fsp3) is 1.00. The third kappa shape index (κ3) is 6.02. The van der Waals surface area contributed by atoms with Crippen LogP contribution in [-0.2, 0) is 14.2 Å². The highest BCUT2D eigenvalue weighted by molar-refractivity contribution is 4.67. The standard InChI is InChI=1S/C10H20O3/c1-8(2)12-5-9(3)4-11-6-10-7-13-10/h8-10H,4-7H2,1-3H3. The molecule has 0 aromatic rings. The van der Waals surface area contributed by atoms with Crippen molar-refractivity contribution in [2.24, 2.45) is 5.92 Å². The fourth-order valence-electron chi connectivity index (χ4n) is 0.970. The number of hydrogen-bond acceptors (Lipinski definition) is 3. The van der Waals surface area contributed by atoms with E-state index < -0.39 is 0 Å². The van der Waals surface area contributed by atoms with Crippen molar-refractivity contribution in [2.75, 3.05) is 26.4 Å². The van der Waals surface area contributed by atoms with Crippen LogP contribution in [0, 0.1) is 5.92 Å². The maximum absolute atomic E-state index is 5.47. The predicted octanol–water partition coefficient (Wildman–Crippen LogP) is 1.46. The second-order valence-corrected chi connectivity index (χ2v) is 3.98. The summed E-state index contributed by atoms with van der Waals surface area (Å²) < 4.78 is 15.9. The molecule has 1 aliphatic heterocycles. The Morgan fingerprint density at radius 3 is 2.54 bits per heavy atom. The Balaban J connectivity index is 1.87. The monoisotopic (exact) mass is 188 g/mol. The smallest absolute Gasteiger partial charge is 0.104 e. The summed E-state index contributed by atoms with van der Waals surface area (Å²) in [6, 6.07) is 0. The highest BCUT2D eigenvalue weighted by atomic mass is 16.6. The van der Waals surface area contributed by atoms with Crippen molar-refractivity contribution in [1.29, 1.82) is 0 Å². The number of hydrogen-bond donors (Lipinski definition) is 0. The zero-order chi connectivity index (χ0) is 9.68. The molecule has 0 amide bonds. The summed E-state index contributed by atoms with van der Waals surface area (Å²) >= 11 is 0. The molecule has 0 aromatic heterocycles. The Bertz CT molecular complexity index is 132. The number of rotatable bonds is 7. The van der Waals surface area contributed by atoms with E-state index in [1.807, 2.05) is 13.8 Å². The van der Waals surface area contributed by atoms with Crippen molar-refractivity contribution in [2.45, 2.75) is 33.0 Å². The average Bonchev–Trinajstić information content (AvgIpc) is 2.84. The summed E-state index contributed by atoms with van der Waals surface area (Å²) in [5, 5.41) is 0.